The first-order chi connectivity index (χ1) is 13.1. The van der Waals surface area contributed by atoms with Crippen LogP contribution in [0, 0.1) is 6.92 Å². The second-order valence-electron chi connectivity index (χ2n) is 7.03. The Balaban J connectivity index is 1.61. The van der Waals surface area contributed by atoms with Crippen LogP contribution in [0.5, 0.6) is 0 Å². The summed E-state index contributed by atoms with van der Waals surface area (Å²) in [6.07, 6.45) is 7.64. The summed E-state index contributed by atoms with van der Waals surface area (Å²) < 4.78 is 4.13. The zero-order chi connectivity index (χ0) is 18.8. The molecule has 0 bridgehead atoms. The summed E-state index contributed by atoms with van der Waals surface area (Å²) in [5, 5.41) is 4.77. The Kier molecular flexibility index (Phi) is 4.59. The van der Waals surface area contributed by atoms with Crippen molar-refractivity contribution in [3.05, 3.63) is 78.6 Å². The molecule has 4 aromatic rings. The van der Waals surface area contributed by atoms with E-state index in [2.05, 4.69) is 71.7 Å². The van der Waals surface area contributed by atoms with Gasteiger partial charge in [-0.15, -0.1) is 0 Å². The van der Waals surface area contributed by atoms with Gasteiger partial charge in [0, 0.05) is 29.6 Å². The second-order valence-corrected chi connectivity index (χ2v) is 7.03. The quantitative estimate of drug-likeness (QED) is 0.518. The van der Waals surface area contributed by atoms with Crippen LogP contribution in [0.3, 0.4) is 0 Å². The molecule has 0 aliphatic heterocycles. The van der Waals surface area contributed by atoms with Gasteiger partial charge in [0.15, 0.2) is 0 Å². The second kappa shape index (κ2) is 7.19. The summed E-state index contributed by atoms with van der Waals surface area (Å²) in [5.41, 5.74) is 6.49. The monoisotopic (exact) mass is 357 g/mol. The number of benzene rings is 1. The van der Waals surface area contributed by atoms with Crippen molar-refractivity contribution in [3.63, 3.8) is 0 Å². The molecule has 3 aromatic heterocycles. The third-order valence-corrected chi connectivity index (χ3v) is 4.71. The van der Waals surface area contributed by atoms with Crippen molar-refractivity contribution in [2.45, 2.75) is 33.4 Å². The molecule has 0 atom stereocenters. The maximum absolute atomic E-state index is 4.77. The van der Waals surface area contributed by atoms with Crippen LogP contribution in [0.4, 0.5) is 0 Å². The molecule has 136 valence electrons. The zero-order valence-electron chi connectivity index (χ0n) is 15.9. The first-order valence-corrected chi connectivity index (χ1v) is 9.18. The van der Waals surface area contributed by atoms with E-state index in [1.165, 1.54) is 5.56 Å². The molecule has 0 fully saturated rings. The Morgan fingerprint density at radius 1 is 1.04 bits per heavy atom. The van der Waals surface area contributed by atoms with E-state index in [-0.39, 0.29) is 0 Å². The van der Waals surface area contributed by atoms with Crippen LogP contribution in [0.25, 0.3) is 22.5 Å². The van der Waals surface area contributed by atoms with Gasteiger partial charge in [0.1, 0.15) is 0 Å². The molecule has 27 heavy (non-hydrogen) atoms. The Hall–Kier alpha value is -3.21. The van der Waals surface area contributed by atoms with E-state index in [4.69, 9.17) is 5.10 Å². The summed E-state index contributed by atoms with van der Waals surface area (Å²) in [4.78, 5) is 8.80. The van der Waals surface area contributed by atoms with Crippen LogP contribution >= 0.6 is 0 Å². The molecule has 0 saturated heterocycles. The molecular formula is C22H23N5. The predicted molar refractivity (Wildman–Crippen MR) is 107 cm³/mol. The van der Waals surface area contributed by atoms with Crippen LogP contribution in [0.1, 0.15) is 31.1 Å². The van der Waals surface area contributed by atoms with Gasteiger partial charge in [0.2, 0.25) is 0 Å². The molecule has 5 nitrogen and oxygen atoms in total. The van der Waals surface area contributed by atoms with Crippen molar-refractivity contribution in [1.29, 1.82) is 0 Å². The number of pyridine rings is 1. The van der Waals surface area contributed by atoms with Crippen LogP contribution in [0.2, 0.25) is 0 Å². The molecule has 0 N–H and O–H groups in total. The van der Waals surface area contributed by atoms with E-state index < -0.39 is 0 Å². The smallest absolute Gasteiger partial charge is 0.0951 e. The van der Waals surface area contributed by atoms with Crippen LogP contribution in [0.15, 0.2) is 67.4 Å². The topological polar surface area (TPSA) is 48.5 Å². The van der Waals surface area contributed by atoms with Gasteiger partial charge in [-0.25, -0.2) is 4.98 Å². The highest BCUT2D eigenvalue weighted by Crippen LogP contribution is 2.26. The average molecular weight is 357 g/mol. The van der Waals surface area contributed by atoms with Gasteiger partial charge >= 0.3 is 0 Å². The molecule has 0 aliphatic carbocycles. The maximum Gasteiger partial charge on any atom is 0.0951 e. The first kappa shape index (κ1) is 17.2. The lowest BCUT2D eigenvalue weighted by Crippen LogP contribution is -2.09. The SMILES string of the molecule is Cc1cccnc1-c1cccc(-c2ccn(Cc3cncn3C(C)C)n2)c1. The lowest BCUT2D eigenvalue weighted by molar-refractivity contribution is 0.548. The largest absolute Gasteiger partial charge is 0.330 e. The Bertz CT molecular complexity index is 1060. The van der Waals surface area contributed by atoms with Crippen LogP contribution in [-0.2, 0) is 6.54 Å². The van der Waals surface area contributed by atoms with Crippen LogP contribution in [-0.4, -0.2) is 24.3 Å². The van der Waals surface area contributed by atoms with Gasteiger partial charge in [0.25, 0.3) is 0 Å². The zero-order valence-corrected chi connectivity index (χ0v) is 15.9. The lowest BCUT2D eigenvalue weighted by atomic mass is 10.0. The fourth-order valence-corrected chi connectivity index (χ4v) is 3.30. The molecular weight excluding hydrogens is 334 g/mol. The van der Waals surface area contributed by atoms with Crippen molar-refractivity contribution in [1.82, 2.24) is 24.3 Å². The normalized spacial score (nSPS) is 11.3. The average Bonchev–Trinajstić information content (AvgIpc) is 3.32. The Morgan fingerprint density at radius 2 is 1.89 bits per heavy atom. The highest BCUT2D eigenvalue weighted by atomic mass is 15.3. The summed E-state index contributed by atoms with van der Waals surface area (Å²) in [6.45, 7) is 7.11. The summed E-state index contributed by atoms with van der Waals surface area (Å²) in [7, 11) is 0. The molecule has 0 unspecified atom stereocenters. The fraction of sp³-hybridized carbons (Fsp3) is 0.227. The molecule has 0 amide bonds. The minimum Gasteiger partial charge on any atom is -0.330 e. The highest BCUT2D eigenvalue weighted by Gasteiger charge is 2.09. The number of nitrogens with zero attached hydrogens (tertiary/aromatic N) is 5. The molecule has 0 saturated carbocycles. The predicted octanol–water partition coefficient (Wildman–Crippen LogP) is 4.75. The van der Waals surface area contributed by atoms with Crippen molar-refractivity contribution in [2.75, 3.05) is 0 Å². The van der Waals surface area contributed by atoms with E-state index in [9.17, 15) is 0 Å². The third kappa shape index (κ3) is 3.53. The van der Waals surface area contributed by atoms with E-state index in [1.54, 1.807) is 0 Å². The number of aryl methyl sites for hydroxylation is 1. The third-order valence-electron chi connectivity index (χ3n) is 4.71. The van der Waals surface area contributed by atoms with Gasteiger partial charge < -0.3 is 4.57 Å². The van der Waals surface area contributed by atoms with Crippen molar-refractivity contribution >= 4 is 0 Å². The molecule has 0 spiro atoms. The van der Waals surface area contributed by atoms with E-state index in [0.717, 1.165) is 28.2 Å². The van der Waals surface area contributed by atoms with E-state index >= 15 is 0 Å². The fourth-order valence-electron chi connectivity index (χ4n) is 3.30. The molecule has 3 heterocycles. The van der Waals surface area contributed by atoms with Crippen molar-refractivity contribution < 1.29 is 0 Å². The number of hydrogen-bond donors (Lipinski definition) is 0. The molecule has 0 radical (unpaired) electrons. The number of imidazole rings is 1. The maximum atomic E-state index is 4.77. The van der Waals surface area contributed by atoms with Gasteiger partial charge in [0.05, 0.1) is 36.2 Å². The minimum absolute atomic E-state index is 0.385. The van der Waals surface area contributed by atoms with Crippen molar-refractivity contribution in [2.24, 2.45) is 0 Å². The number of rotatable bonds is 5. The number of hydrogen-bond acceptors (Lipinski definition) is 3. The molecule has 1 aromatic carbocycles. The number of aromatic nitrogens is 5. The lowest BCUT2D eigenvalue weighted by Gasteiger charge is -2.11. The van der Waals surface area contributed by atoms with Crippen LogP contribution < -0.4 is 0 Å². The van der Waals surface area contributed by atoms with Gasteiger partial charge in [-0.3, -0.25) is 9.67 Å². The van der Waals surface area contributed by atoms with Gasteiger partial charge in [-0.1, -0.05) is 24.3 Å². The Morgan fingerprint density at radius 3 is 2.70 bits per heavy atom. The van der Waals surface area contributed by atoms with Gasteiger partial charge in [-0.05, 0) is 44.5 Å². The molecule has 4 rings (SSSR count). The first-order valence-electron chi connectivity index (χ1n) is 9.18. The van der Waals surface area contributed by atoms with E-state index in [1.807, 2.05) is 35.7 Å². The summed E-state index contributed by atoms with van der Waals surface area (Å²) in [6, 6.07) is 14.9. The minimum atomic E-state index is 0.385. The molecule has 0 aliphatic rings. The summed E-state index contributed by atoms with van der Waals surface area (Å²) in [5.74, 6) is 0. The van der Waals surface area contributed by atoms with E-state index in [0.29, 0.717) is 12.6 Å². The van der Waals surface area contributed by atoms with Crippen molar-refractivity contribution in [3.8, 4) is 22.5 Å². The highest BCUT2D eigenvalue weighted by molar-refractivity contribution is 5.70. The Labute approximate surface area is 159 Å². The summed E-state index contributed by atoms with van der Waals surface area (Å²) >= 11 is 0. The standard InChI is InChI=1S/C22H23N5/c1-16(2)27-15-23-13-20(27)14-26-11-9-21(25-26)18-7-4-8-19(12-18)22-17(3)6-5-10-24-22/h4-13,15-16H,14H2,1-3H3. The molecule has 5 heteroatoms. The van der Waals surface area contributed by atoms with Gasteiger partial charge in [-0.2, -0.15) is 5.10 Å².